The molecule has 3 aromatic rings. The molecule has 0 radical (unpaired) electrons. The number of anilines is 1. The molecule has 5 rings (SSSR count). The molecule has 0 N–H and O–H groups in total. The Kier molecular flexibility index (Phi) is 5.42. The minimum atomic E-state index is 0.319. The van der Waals surface area contributed by atoms with Crippen LogP contribution >= 0.6 is 11.5 Å². The van der Waals surface area contributed by atoms with Crippen LogP contribution in [0, 0.1) is 0 Å². The average molecular weight is 425 g/mol. The Hall–Kier alpha value is -2.84. The van der Waals surface area contributed by atoms with Gasteiger partial charge in [0, 0.05) is 50.7 Å². The Morgan fingerprint density at radius 1 is 1.00 bits per heavy atom. The maximum Gasteiger partial charge on any atom is 0.231 e. The number of piperazine rings is 1. The molecule has 7 nitrogen and oxygen atoms in total. The van der Waals surface area contributed by atoms with E-state index in [-0.39, 0.29) is 0 Å². The van der Waals surface area contributed by atoms with Gasteiger partial charge < -0.3 is 19.1 Å². The van der Waals surface area contributed by atoms with Crippen LogP contribution in [0.2, 0.25) is 0 Å². The van der Waals surface area contributed by atoms with Crippen LogP contribution in [0.3, 0.4) is 0 Å². The highest BCUT2D eigenvalue weighted by Gasteiger charge is 2.21. The SMILES string of the molecule is COc1cccc(Cc2nsc(N3CCN(Cc4ccc5c(c4)OCO5)CC3)n2)c1. The number of ether oxygens (including phenoxy) is 3. The molecule has 2 aliphatic rings. The number of hydrogen-bond acceptors (Lipinski definition) is 8. The number of fused-ring (bicyclic) bond motifs is 1. The first-order valence-electron chi connectivity index (χ1n) is 10.1. The van der Waals surface area contributed by atoms with E-state index >= 15 is 0 Å². The summed E-state index contributed by atoms with van der Waals surface area (Å²) in [6.45, 7) is 5.15. The summed E-state index contributed by atoms with van der Waals surface area (Å²) >= 11 is 1.49. The fourth-order valence-electron chi connectivity index (χ4n) is 3.80. The third kappa shape index (κ3) is 4.20. The topological polar surface area (TPSA) is 60.0 Å². The number of hydrogen-bond donors (Lipinski definition) is 0. The van der Waals surface area contributed by atoms with Crippen molar-refractivity contribution in [2.24, 2.45) is 0 Å². The van der Waals surface area contributed by atoms with Crippen molar-refractivity contribution in [1.82, 2.24) is 14.3 Å². The highest BCUT2D eigenvalue weighted by atomic mass is 32.1. The molecule has 8 heteroatoms. The van der Waals surface area contributed by atoms with E-state index in [4.69, 9.17) is 19.2 Å². The number of methoxy groups -OCH3 is 1. The summed E-state index contributed by atoms with van der Waals surface area (Å²) in [4.78, 5) is 9.58. The van der Waals surface area contributed by atoms with Gasteiger partial charge in [-0.1, -0.05) is 18.2 Å². The van der Waals surface area contributed by atoms with Crippen LogP contribution in [-0.2, 0) is 13.0 Å². The first kappa shape index (κ1) is 19.1. The van der Waals surface area contributed by atoms with Crippen LogP contribution in [0.4, 0.5) is 5.13 Å². The van der Waals surface area contributed by atoms with Crippen molar-refractivity contribution in [3.8, 4) is 17.2 Å². The van der Waals surface area contributed by atoms with Crippen molar-refractivity contribution >= 4 is 16.7 Å². The van der Waals surface area contributed by atoms with Gasteiger partial charge in [0.2, 0.25) is 11.9 Å². The predicted molar refractivity (Wildman–Crippen MR) is 116 cm³/mol. The molecule has 30 heavy (non-hydrogen) atoms. The fraction of sp³-hybridized carbons (Fsp3) is 0.364. The number of aromatic nitrogens is 2. The van der Waals surface area contributed by atoms with Crippen molar-refractivity contribution in [2.45, 2.75) is 13.0 Å². The zero-order chi connectivity index (χ0) is 20.3. The maximum atomic E-state index is 5.49. The lowest BCUT2D eigenvalue weighted by Crippen LogP contribution is -2.45. The lowest BCUT2D eigenvalue weighted by molar-refractivity contribution is 0.174. The summed E-state index contributed by atoms with van der Waals surface area (Å²) in [6.07, 6.45) is 0.720. The normalized spacial score (nSPS) is 16.1. The molecule has 1 aromatic heterocycles. The van der Waals surface area contributed by atoms with E-state index in [1.165, 1.54) is 17.1 Å². The molecule has 0 atom stereocenters. The van der Waals surface area contributed by atoms with Crippen molar-refractivity contribution in [1.29, 1.82) is 0 Å². The molecular formula is C22H24N4O3S. The Morgan fingerprint density at radius 3 is 2.73 bits per heavy atom. The standard InChI is InChI=1S/C22H24N4O3S/c1-27-18-4-2-3-16(11-18)13-21-23-22(30-24-21)26-9-7-25(8-10-26)14-17-5-6-19-20(12-17)29-15-28-19/h2-6,11-12H,7-10,13-15H2,1H3. The van der Waals surface area contributed by atoms with Gasteiger partial charge in [-0.25, -0.2) is 4.98 Å². The second-order valence-electron chi connectivity index (χ2n) is 7.47. The zero-order valence-electron chi connectivity index (χ0n) is 16.9. The molecule has 2 aliphatic heterocycles. The van der Waals surface area contributed by atoms with Gasteiger partial charge >= 0.3 is 0 Å². The van der Waals surface area contributed by atoms with Gasteiger partial charge in [-0.2, -0.15) is 4.37 Å². The molecule has 0 unspecified atom stereocenters. The van der Waals surface area contributed by atoms with E-state index < -0.39 is 0 Å². The average Bonchev–Trinajstić information content (AvgIpc) is 3.44. The van der Waals surface area contributed by atoms with Gasteiger partial charge in [-0.3, -0.25) is 4.90 Å². The molecule has 1 saturated heterocycles. The van der Waals surface area contributed by atoms with Gasteiger partial charge in [-0.05, 0) is 35.4 Å². The molecular weight excluding hydrogens is 400 g/mol. The van der Waals surface area contributed by atoms with Crippen molar-refractivity contribution in [2.75, 3.05) is 45.0 Å². The molecule has 0 spiro atoms. The Morgan fingerprint density at radius 2 is 1.87 bits per heavy atom. The lowest BCUT2D eigenvalue weighted by Gasteiger charge is -2.34. The van der Waals surface area contributed by atoms with Crippen molar-refractivity contribution in [3.05, 3.63) is 59.4 Å². The van der Waals surface area contributed by atoms with E-state index in [1.807, 2.05) is 24.3 Å². The summed E-state index contributed by atoms with van der Waals surface area (Å²) in [5.74, 6) is 3.42. The molecule has 0 saturated carbocycles. The second-order valence-corrected chi connectivity index (χ2v) is 8.20. The monoisotopic (exact) mass is 424 g/mol. The molecule has 0 bridgehead atoms. The third-order valence-corrected chi connectivity index (χ3v) is 6.25. The minimum absolute atomic E-state index is 0.319. The molecule has 0 aliphatic carbocycles. The number of nitrogens with zero attached hydrogens (tertiary/aromatic N) is 4. The van der Waals surface area contributed by atoms with E-state index in [0.29, 0.717) is 6.79 Å². The molecule has 1 fully saturated rings. The van der Waals surface area contributed by atoms with Gasteiger partial charge in [0.25, 0.3) is 0 Å². The van der Waals surface area contributed by atoms with Crippen molar-refractivity contribution in [3.63, 3.8) is 0 Å². The van der Waals surface area contributed by atoms with Crippen LogP contribution in [0.1, 0.15) is 17.0 Å². The quantitative estimate of drug-likeness (QED) is 0.602. The number of benzene rings is 2. The van der Waals surface area contributed by atoms with Gasteiger partial charge in [0.15, 0.2) is 11.5 Å². The molecule has 156 valence electrons. The Labute approximate surface area is 180 Å². The minimum Gasteiger partial charge on any atom is -0.497 e. The maximum absolute atomic E-state index is 5.49. The first-order valence-corrected chi connectivity index (χ1v) is 10.9. The van der Waals surface area contributed by atoms with Crippen molar-refractivity contribution < 1.29 is 14.2 Å². The Bertz CT molecular complexity index is 1020. The van der Waals surface area contributed by atoms with E-state index in [1.54, 1.807) is 7.11 Å². The van der Waals surface area contributed by atoms with Crippen LogP contribution in [0.5, 0.6) is 17.2 Å². The number of rotatable bonds is 6. The molecule has 3 heterocycles. The zero-order valence-corrected chi connectivity index (χ0v) is 17.7. The lowest BCUT2D eigenvalue weighted by atomic mass is 10.1. The van der Waals surface area contributed by atoms with Crippen LogP contribution in [0.25, 0.3) is 0 Å². The largest absolute Gasteiger partial charge is 0.497 e. The van der Waals surface area contributed by atoms with E-state index in [2.05, 4.69) is 32.4 Å². The second kappa shape index (κ2) is 8.49. The summed E-state index contributed by atoms with van der Waals surface area (Å²) in [7, 11) is 1.69. The first-order chi connectivity index (χ1) is 14.8. The van der Waals surface area contributed by atoms with Gasteiger partial charge in [0.1, 0.15) is 11.6 Å². The fourth-order valence-corrected chi connectivity index (χ4v) is 4.54. The smallest absolute Gasteiger partial charge is 0.231 e. The highest BCUT2D eigenvalue weighted by Crippen LogP contribution is 2.33. The summed E-state index contributed by atoms with van der Waals surface area (Å²) in [5.41, 5.74) is 2.41. The summed E-state index contributed by atoms with van der Waals surface area (Å²) < 4.78 is 20.8. The molecule has 0 amide bonds. The third-order valence-electron chi connectivity index (χ3n) is 5.44. The van der Waals surface area contributed by atoms with Gasteiger partial charge in [0.05, 0.1) is 7.11 Å². The Balaban J connectivity index is 1.16. The molecule has 2 aromatic carbocycles. The van der Waals surface area contributed by atoms with Gasteiger partial charge in [-0.15, -0.1) is 0 Å². The van der Waals surface area contributed by atoms with E-state index in [9.17, 15) is 0 Å². The van der Waals surface area contributed by atoms with E-state index in [0.717, 1.165) is 72.9 Å². The summed E-state index contributed by atoms with van der Waals surface area (Å²) in [5, 5.41) is 1.01. The van der Waals surface area contributed by atoms with Crippen LogP contribution < -0.4 is 19.1 Å². The van der Waals surface area contributed by atoms with Crippen LogP contribution in [0.15, 0.2) is 42.5 Å². The predicted octanol–water partition coefficient (Wildman–Crippen LogP) is 3.19. The summed E-state index contributed by atoms with van der Waals surface area (Å²) in [6, 6.07) is 14.3. The van der Waals surface area contributed by atoms with Crippen LogP contribution in [-0.4, -0.2) is 54.3 Å². The highest BCUT2D eigenvalue weighted by molar-refractivity contribution is 7.09.